The average molecular weight is 267 g/mol. The smallest absolute Gasteiger partial charge is 0.254 e. The molecule has 1 N–H and O–H groups in total. The molecule has 1 amide bonds. The van der Waals surface area contributed by atoms with Crippen molar-refractivity contribution in [2.24, 2.45) is 0 Å². The number of hydrogen-bond donors (Lipinski definition) is 1. The molecule has 4 heteroatoms. The van der Waals surface area contributed by atoms with E-state index in [1.54, 1.807) is 12.4 Å². The zero-order chi connectivity index (χ0) is 13.8. The van der Waals surface area contributed by atoms with Gasteiger partial charge in [-0.3, -0.25) is 4.79 Å². The molecular formula is C16H17N3O. The maximum atomic E-state index is 12.1. The predicted molar refractivity (Wildman–Crippen MR) is 76.4 cm³/mol. The molecule has 0 fully saturated rings. The first kappa shape index (κ1) is 12.8. The molecule has 1 atom stereocenters. The van der Waals surface area contributed by atoms with Crippen molar-refractivity contribution in [3.05, 3.63) is 59.7 Å². The van der Waals surface area contributed by atoms with Crippen LogP contribution in [0.4, 0.5) is 0 Å². The van der Waals surface area contributed by atoms with E-state index in [1.807, 2.05) is 0 Å². The van der Waals surface area contributed by atoms with Crippen LogP contribution in [0, 0.1) is 0 Å². The lowest BCUT2D eigenvalue weighted by Crippen LogP contribution is -2.36. The maximum absolute atomic E-state index is 12.1. The Kier molecular flexibility index (Phi) is 3.72. The average Bonchev–Trinajstić information content (AvgIpc) is 2.69. The minimum atomic E-state index is -0.0880. The number of nitrogens with zero attached hydrogens (tertiary/aromatic N) is 2. The molecule has 102 valence electrons. The first-order valence-electron chi connectivity index (χ1n) is 6.95. The van der Waals surface area contributed by atoms with Gasteiger partial charge < -0.3 is 5.32 Å². The van der Waals surface area contributed by atoms with Crippen LogP contribution >= 0.6 is 0 Å². The third-order valence-electron chi connectivity index (χ3n) is 3.74. The third kappa shape index (κ3) is 2.85. The summed E-state index contributed by atoms with van der Waals surface area (Å²) in [4.78, 5) is 19.9. The SMILES string of the molecule is O=C(NC1CCCc2ccccc2C1)c1cncnc1. The van der Waals surface area contributed by atoms with Crippen LogP contribution in [0.3, 0.4) is 0 Å². The Morgan fingerprint density at radius 1 is 1.15 bits per heavy atom. The molecule has 2 aromatic rings. The van der Waals surface area contributed by atoms with Crippen LogP contribution in [-0.2, 0) is 12.8 Å². The minimum absolute atomic E-state index is 0.0880. The van der Waals surface area contributed by atoms with Gasteiger partial charge in [0.2, 0.25) is 0 Å². The molecule has 1 unspecified atom stereocenters. The van der Waals surface area contributed by atoms with Gasteiger partial charge in [-0.1, -0.05) is 24.3 Å². The van der Waals surface area contributed by atoms with Crippen LogP contribution in [0.1, 0.15) is 34.3 Å². The molecule has 0 saturated carbocycles. The number of carbonyl (C=O) groups is 1. The summed E-state index contributed by atoms with van der Waals surface area (Å²) < 4.78 is 0. The number of carbonyl (C=O) groups excluding carboxylic acids is 1. The molecule has 0 radical (unpaired) electrons. The monoisotopic (exact) mass is 267 g/mol. The van der Waals surface area contributed by atoms with Gasteiger partial charge in [0.05, 0.1) is 5.56 Å². The Balaban J connectivity index is 1.71. The standard InChI is InChI=1S/C16H17N3O/c20-16(14-9-17-11-18-10-14)19-15-7-3-6-12-4-1-2-5-13(12)8-15/h1-2,4-5,9-11,15H,3,6-8H2,(H,19,20). The molecule has 1 aliphatic carbocycles. The van der Waals surface area contributed by atoms with Crippen LogP contribution in [-0.4, -0.2) is 21.9 Å². The summed E-state index contributed by atoms with van der Waals surface area (Å²) in [6.07, 6.45) is 8.63. The Labute approximate surface area is 118 Å². The Morgan fingerprint density at radius 2 is 1.90 bits per heavy atom. The van der Waals surface area contributed by atoms with Gasteiger partial charge in [-0.2, -0.15) is 0 Å². The lowest BCUT2D eigenvalue weighted by Gasteiger charge is -2.16. The van der Waals surface area contributed by atoms with E-state index in [1.165, 1.54) is 17.5 Å². The van der Waals surface area contributed by atoms with Crippen molar-refractivity contribution >= 4 is 5.91 Å². The van der Waals surface area contributed by atoms with Crippen LogP contribution in [0.5, 0.6) is 0 Å². The van der Waals surface area contributed by atoms with Crippen molar-refractivity contribution in [3.8, 4) is 0 Å². The van der Waals surface area contributed by atoms with Crippen LogP contribution in [0.25, 0.3) is 0 Å². The zero-order valence-corrected chi connectivity index (χ0v) is 11.2. The first-order valence-corrected chi connectivity index (χ1v) is 6.95. The third-order valence-corrected chi connectivity index (χ3v) is 3.74. The van der Waals surface area contributed by atoms with Crippen molar-refractivity contribution in [3.63, 3.8) is 0 Å². The van der Waals surface area contributed by atoms with Gasteiger partial charge in [-0.25, -0.2) is 9.97 Å². The summed E-state index contributed by atoms with van der Waals surface area (Å²) >= 11 is 0. The highest BCUT2D eigenvalue weighted by Crippen LogP contribution is 2.20. The second-order valence-corrected chi connectivity index (χ2v) is 5.16. The predicted octanol–water partition coefficient (Wildman–Crippen LogP) is 2.15. The van der Waals surface area contributed by atoms with E-state index in [9.17, 15) is 4.79 Å². The number of hydrogen-bond acceptors (Lipinski definition) is 3. The van der Waals surface area contributed by atoms with Crippen molar-refractivity contribution in [1.29, 1.82) is 0 Å². The van der Waals surface area contributed by atoms with Gasteiger partial charge in [0.1, 0.15) is 6.33 Å². The maximum Gasteiger partial charge on any atom is 0.254 e. The molecule has 0 aliphatic heterocycles. The summed E-state index contributed by atoms with van der Waals surface area (Å²) in [6.45, 7) is 0. The van der Waals surface area contributed by atoms with Gasteiger partial charge in [0.15, 0.2) is 0 Å². The van der Waals surface area contributed by atoms with Gasteiger partial charge in [-0.05, 0) is 36.8 Å². The van der Waals surface area contributed by atoms with Gasteiger partial charge in [0.25, 0.3) is 5.91 Å². The molecule has 0 bridgehead atoms. The van der Waals surface area contributed by atoms with E-state index in [2.05, 4.69) is 39.6 Å². The number of aryl methyl sites for hydroxylation is 1. The molecule has 1 aromatic heterocycles. The molecule has 0 saturated heterocycles. The molecule has 4 nitrogen and oxygen atoms in total. The van der Waals surface area contributed by atoms with Crippen molar-refractivity contribution in [2.75, 3.05) is 0 Å². The van der Waals surface area contributed by atoms with E-state index in [0.717, 1.165) is 25.7 Å². The Morgan fingerprint density at radius 3 is 2.70 bits per heavy atom. The quantitative estimate of drug-likeness (QED) is 0.848. The van der Waals surface area contributed by atoms with E-state index >= 15 is 0 Å². The zero-order valence-electron chi connectivity index (χ0n) is 11.2. The molecule has 1 heterocycles. The van der Waals surface area contributed by atoms with Gasteiger partial charge >= 0.3 is 0 Å². The summed E-state index contributed by atoms with van der Waals surface area (Å²) in [7, 11) is 0. The van der Waals surface area contributed by atoms with E-state index in [4.69, 9.17) is 0 Å². The fourth-order valence-corrected chi connectivity index (χ4v) is 2.72. The van der Waals surface area contributed by atoms with Crippen molar-refractivity contribution in [2.45, 2.75) is 31.7 Å². The Hall–Kier alpha value is -2.23. The van der Waals surface area contributed by atoms with Crippen LogP contribution in [0.15, 0.2) is 43.0 Å². The van der Waals surface area contributed by atoms with Crippen molar-refractivity contribution in [1.82, 2.24) is 15.3 Å². The molecular weight excluding hydrogens is 250 g/mol. The van der Waals surface area contributed by atoms with Gasteiger partial charge in [0, 0.05) is 18.4 Å². The molecule has 1 aromatic carbocycles. The molecule has 0 spiro atoms. The fourth-order valence-electron chi connectivity index (χ4n) is 2.72. The second-order valence-electron chi connectivity index (χ2n) is 5.16. The Bertz CT molecular complexity index is 598. The number of fused-ring (bicyclic) bond motifs is 1. The second kappa shape index (κ2) is 5.82. The number of benzene rings is 1. The number of rotatable bonds is 2. The van der Waals surface area contributed by atoms with E-state index in [0.29, 0.717) is 5.56 Å². The van der Waals surface area contributed by atoms with Crippen LogP contribution in [0.2, 0.25) is 0 Å². The minimum Gasteiger partial charge on any atom is -0.349 e. The number of nitrogens with one attached hydrogen (secondary N) is 1. The molecule has 20 heavy (non-hydrogen) atoms. The number of amides is 1. The summed E-state index contributed by atoms with van der Waals surface area (Å²) in [5.74, 6) is -0.0880. The first-order chi connectivity index (χ1) is 9.83. The fraction of sp³-hybridized carbons (Fsp3) is 0.312. The number of aromatic nitrogens is 2. The van der Waals surface area contributed by atoms with Gasteiger partial charge in [-0.15, -0.1) is 0 Å². The van der Waals surface area contributed by atoms with Crippen molar-refractivity contribution < 1.29 is 4.79 Å². The molecule has 1 aliphatic rings. The van der Waals surface area contributed by atoms with Crippen LogP contribution < -0.4 is 5.32 Å². The largest absolute Gasteiger partial charge is 0.349 e. The summed E-state index contributed by atoms with van der Waals surface area (Å²) in [5.41, 5.74) is 3.27. The lowest BCUT2D eigenvalue weighted by atomic mass is 10.0. The highest BCUT2D eigenvalue weighted by atomic mass is 16.1. The highest BCUT2D eigenvalue weighted by Gasteiger charge is 2.18. The lowest BCUT2D eigenvalue weighted by molar-refractivity contribution is 0.0934. The summed E-state index contributed by atoms with van der Waals surface area (Å²) in [5, 5.41) is 3.10. The summed E-state index contributed by atoms with van der Waals surface area (Å²) in [6, 6.07) is 8.68. The molecule has 3 rings (SSSR count). The topological polar surface area (TPSA) is 54.9 Å². The normalized spacial score (nSPS) is 17.9. The van der Waals surface area contributed by atoms with E-state index in [-0.39, 0.29) is 11.9 Å². The highest BCUT2D eigenvalue weighted by molar-refractivity contribution is 5.93. The van der Waals surface area contributed by atoms with E-state index < -0.39 is 0 Å².